The number of aromatic nitrogens is 3. The summed E-state index contributed by atoms with van der Waals surface area (Å²) >= 11 is 0. The Kier molecular flexibility index (Phi) is 4.92. The van der Waals surface area contributed by atoms with Gasteiger partial charge in [-0.3, -0.25) is 0 Å². The molecular formula is C14H20N4O. The van der Waals surface area contributed by atoms with Crippen molar-refractivity contribution >= 4 is 5.69 Å². The molecule has 2 rings (SSSR count). The third-order valence-electron chi connectivity index (χ3n) is 2.89. The van der Waals surface area contributed by atoms with E-state index in [4.69, 9.17) is 4.74 Å². The molecular weight excluding hydrogens is 240 g/mol. The molecule has 0 bridgehead atoms. The molecule has 0 aliphatic rings. The van der Waals surface area contributed by atoms with Crippen molar-refractivity contribution in [2.24, 2.45) is 0 Å². The van der Waals surface area contributed by atoms with E-state index in [1.54, 1.807) is 13.4 Å². The van der Waals surface area contributed by atoms with E-state index >= 15 is 0 Å². The maximum absolute atomic E-state index is 5.19. The van der Waals surface area contributed by atoms with E-state index in [1.807, 2.05) is 16.8 Å². The second-order valence-corrected chi connectivity index (χ2v) is 4.34. The molecule has 1 aromatic carbocycles. The normalized spacial score (nSPS) is 10.6. The lowest BCUT2D eigenvalue weighted by Gasteiger charge is -2.11. The summed E-state index contributed by atoms with van der Waals surface area (Å²) in [4.78, 5) is 4.28. The van der Waals surface area contributed by atoms with E-state index in [0.29, 0.717) is 13.2 Å². The Balaban J connectivity index is 2.03. The standard InChI is InChI=1S/C14H20N4O/c1-3-8-18-14(16-11-17-18)9-15-13-7-5-4-6-12(13)10-19-2/h4-7,11,15H,3,8-10H2,1-2H3. The summed E-state index contributed by atoms with van der Waals surface area (Å²) in [5.74, 6) is 0.953. The van der Waals surface area contributed by atoms with Crippen LogP contribution in [-0.4, -0.2) is 21.9 Å². The van der Waals surface area contributed by atoms with Crippen molar-refractivity contribution in [3.63, 3.8) is 0 Å². The summed E-state index contributed by atoms with van der Waals surface area (Å²) in [6.45, 7) is 4.30. The molecule has 2 aromatic rings. The highest BCUT2D eigenvalue weighted by Crippen LogP contribution is 2.16. The second kappa shape index (κ2) is 6.89. The number of nitrogens with one attached hydrogen (secondary N) is 1. The molecule has 0 radical (unpaired) electrons. The predicted molar refractivity (Wildman–Crippen MR) is 74.8 cm³/mol. The van der Waals surface area contributed by atoms with E-state index < -0.39 is 0 Å². The average molecular weight is 260 g/mol. The lowest BCUT2D eigenvalue weighted by molar-refractivity contribution is 0.185. The number of methoxy groups -OCH3 is 1. The maximum atomic E-state index is 5.19. The molecule has 0 saturated heterocycles. The van der Waals surface area contributed by atoms with Crippen LogP contribution in [0.3, 0.4) is 0 Å². The van der Waals surface area contributed by atoms with Crippen molar-refractivity contribution < 1.29 is 4.74 Å². The molecule has 19 heavy (non-hydrogen) atoms. The SMILES string of the molecule is CCCn1ncnc1CNc1ccccc1COC. The molecule has 0 unspecified atom stereocenters. The van der Waals surface area contributed by atoms with Gasteiger partial charge < -0.3 is 10.1 Å². The summed E-state index contributed by atoms with van der Waals surface area (Å²) in [5.41, 5.74) is 2.22. The topological polar surface area (TPSA) is 52.0 Å². The third kappa shape index (κ3) is 3.54. The number of anilines is 1. The highest BCUT2D eigenvalue weighted by molar-refractivity contribution is 5.50. The molecule has 5 heteroatoms. The summed E-state index contributed by atoms with van der Waals surface area (Å²) in [5, 5.41) is 7.61. The van der Waals surface area contributed by atoms with Crippen LogP contribution in [0.25, 0.3) is 0 Å². The number of hydrogen-bond donors (Lipinski definition) is 1. The number of para-hydroxylation sites is 1. The lowest BCUT2D eigenvalue weighted by atomic mass is 10.2. The first-order valence-electron chi connectivity index (χ1n) is 6.52. The number of ether oxygens (including phenoxy) is 1. The highest BCUT2D eigenvalue weighted by atomic mass is 16.5. The first kappa shape index (κ1) is 13.5. The Labute approximate surface area is 113 Å². The molecule has 0 aliphatic heterocycles. The number of rotatable bonds is 7. The van der Waals surface area contributed by atoms with Crippen LogP contribution in [0, 0.1) is 0 Å². The third-order valence-corrected chi connectivity index (χ3v) is 2.89. The Bertz CT molecular complexity index is 510. The molecule has 1 N–H and O–H groups in total. The first-order chi connectivity index (χ1) is 9.35. The van der Waals surface area contributed by atoms with E-state index in [-0.39, 0.29) is 0 Å². The molecule has 1 heterocycles. The van der Waals surface area contributed by atoms with Gasteiger partial charge in [0.1, 0.15) is 12.2 Å². The Morgan fingerprint density at radius 2 is 2.16 bits per heavy atom. The number of benzene rings is 1. The van der Waals surface area contributed by atoms with Gasteiger partial charge >= 0.3 is 0 Å². The minimum Gasteiger partial charge on any atom is -0.380 e. The minimum absolute atomic E-state index is 0.602. The fraction of sp³-hybridized carbons (Fsp3) is 0.429. The van der Waals surface area contributed by atoms with Crippen molar-refractivity contribution in [1.82, 2.24) is 14.8 Å². The number of hydrogen-bond acceptors (Lipinski definition) is 4. The maximum Gasteiger partial charge on any atom is 0.146 e. The fourth-order valence-corrected chi connectivity index (χ4v) is 1.97. The zero-order valence-electron chi connectivity index (χ0n) is 11.5. The Morgan fingerprint density at radius 3 is 2.95 bits per heavy atom. The Morgan fingerprint density at radius 1 is 1.32 bits per heavy atom. The van der Waals surface area contributed by atoms with Gasteiger partial charge in [-0.05, 0) is 12.5 Å². The molecule has 0 atom stereocenters. The first-order valence-corrected chi connectivity index (χ1v) is 6.52. The van der Waals surface area contributed by atoms with Gasteiger partial charge in [0.15, 0.2) is 0 Å². The smallest absolute Gasteiger partial charge is 0.146 e. The molecule has 0 amide bonds. The van der Waals surface area contributed by atoms with Crippen molar-refractivity contribution in [3.8, 4) is 0 Å². The molecule has 5 nitrogen and oxygen atoms in total. The highest BCUT2D eigenvalue weighted by Gasteiger charge is 2.05. The van der Waals surface area contributed by atoms with Crippen LogP contribution in [0.4, 0.5) is 5.69 Å². The Hall–Kier alpha value is -1.88. The van der Waals surface area contributed by atoms with Crippen molar-refractivity contribution in [1.29, 1.82) is 0 Å². The van der Waals surface area contributed by atoms with Crippen LogP contribution in [-0.2, 0) is 24.4 Å². The molecule has 0 aliphatic carbocycles. The van der Waals surface area contributed by atoms with Crippen LogP contribution >= 0.6 is 0 Å². The lowest BCUT2D eigenvalue weighted by Crippen LogP contribution is -2.11. The van der Waals surface area contributed by atoms with Crippen LogP contribution in [0.2, 0.25) is 0 Å². The van der Waals surface area contributed by atoms with Crippen LogP contribution in [0.1, 0.15) is 24.7 Å². The predicted octanol–water partition coefficient (Wildman–Crippen LogP) is 2.45. The van der Waals surface area contributed by atoms with E-state index in [2.05, 4.69) is 34.5 Å². The van der Waals surface area contributed by atoms with Crippen molar-refractivity contribution in [2.75, 3.05) is 12.4 Å². The van der Waals surface area contributed by atoms with Gasteiger partial charge in [0.25, 0.3) is 0 Å². The molecule has 0 saturated carbocycles. The average Bonchev–Trinajstić information content (AvgIpc) is 2.86. The summed E-state index contributed by atoms with van der Waals surface area (Å²) in [6.07, 6.45) is 2.66. The van der Waals surface area contributed by atoms with Crippen molar-refractivity contribution in [3.05, 3.63) is 42.0 Å². The minimum atomic E-state index is 0.602. The summed E-state index contributed by atoms with van der Waals surface area (Å²) in [7, 11) is 1.70. The van der Waals surface area contributed by atoms with Gasteiger partial charge in [0.05, 0.1) is 13.2 Å². The second-order valence-electron chi connectivity index (χ2n) is 4.34. The van der Waals surface area contributed by atoms with Gasteiger partial charge in [-0.1, -0.05) is 25.1 Å². The fourth-order valence-electron chi connectivity index (χ4n) is 1.97. The monoisotopic (exact) mass is 260 g/mol. The quantitative estimate of drug-likeness (QED) is 0.830. The van der Waals surface area contributed by atoms with E-state index in [0.717, 1.165) is 30.0 Å². The zero-order chi connectivity index (χ0) is 13.5. The summed E-state index contributed by atoms with van der Waals surface area (Å²) in [6, 6.07) is 8.13. The van der Waals surface area contributed by atoms with E-state index in [1.165, 1.54) is 0 Å². The van der Waals surface area contributed by atoms with Crippen molar-refractivity contribution in [2.45, 2.75) is 33.0 Å². The number of aryl methyl sites for hydroxylation is 1. The largest absolute Gasteiger partial charge is 0.380 e. The van der Waals surface area contributed by atoms with Gasteiger partial charge in [0, 0.05) is 24.9 Å². The molecule has 1 aromatic heterocycles. The van der Waals surface area contributed by atoms with E-state index in [9.17, 15) is 0 Å². The van der Waals surface area contributed by atoms with Crippen LogP contribution in [0.15, 0.2) is 30.6 Å². The van der Waals surface area contributed by atoms with Gasteiger partial charge in [-0.15, -0.1) is 0 Å². The zero-order valence-corrected chi connectivity index (χ0v) is 11.5. The van der Waals surface area contributed by atoms with Crippen LogP contribution in [0.5, 0.6) is 0 Å². The van der Waals surface area contributed by atoms with Gasteiger partial charge in [-0.25, -0.2) is 9.67 Å². The molecule has 0 spiro atoms. The molecule has 102 valence electrons. The molecule has 0 fully saturated rings. The summed E-state index contributed by atoms with van der Waals surface area (Å²) < 4.78 is 7.13. The number of nitrogens with zero attached hydrogens (tertiary/aromatic N) is 3. The van der Waals surface area contributed by atoms with Crippen LogP contribution < -0.4 is 5.32 Å². The van der Waals surface area contributed by atoms with Gasteiger partial charge in [0.2, 0.25) is 0 Å². The van der Waals surface area contributed by atoms with Gasteiger partial charge in [-0.2, -0.15) is 5.10 Å².